The molecule has 2 heterocycles. The highest BCUT2D eigenvalue weighted by Gasteiger charge is 2.14. The SMILES string of the molecule is Cc1cc(NCc2ccco2)nc(Nc2ccc(F)c(F)c2F)n1. The molecule has 0 bridgehead atoms. The number of aromatic nitrogens is 2. The Bertz CT molecular complexity index is 853. The van der Waals surface area contributed by atoms with Gasteiger partial charge in [-0.3, -0.25) is 0 Å². The van der Waals surface area contributed by atoms with Gasteiger partial charge < -0.3 is 15.1 Å². The molecule has 8 heteroatoms. The van der Waals surface area contributed by atoms with Crippen molar-refractivity contribution in [2.45, 2.75) is 13.5 Å². The van der Waals surface area contributed by atoms with E-state index in [1.54, 1.807) is 31.4 Å². The van der Waals surface area contributed by atoms with Crippen molar-refractivity contribution in [2.24, 2.45) is 0 Å². The van der Waals surface area contributed by atoms with Crippen molar-refractivity contribution in [2.75, 3.05) is 10.6 Å². The van der Waals surface area contributed by atoms with Gasteiger partial charge in [0.15, 0.2) is 17.5 Å². The Kier molecular flexibility index (Phi) is 4.37. The molecule has 0 atom stereocenters. The van der Waals surface area contributed by atoms with Gasteiger partial charge in [-0.15, -0.1) is 0 Å². The molecule has 0 aliphatic carbocycles. The first kappa shape index (κ1) is 15.9. The smallest absolute Gasteiger partial charge is 0.229 e. The minimum absolute atomic E-state index is 0.0573. The van der Waals surface area contributed by atoms with E-state index in [9.17, 15) is 13.2 Å². The lowest BCUT2D eigenvalue weighted by atomic mass is 10.3. The van der Waals surface area contributed by atoms with E-state index in [0.717, 1.165) is 12.1 Å². The summed E-state index contributed by atoms with van der Waals surface area (Å²) in [5.41, 5.74) is 0.355. The van der Waals surface area contributed by atoms with Crippen LogP contribution in [0.15, 0.2) is 41.0 Å². The molecule has 0 radical (unpaired) electrons. The van der Waals surface area contributed by atoms with Gasteiger partial charge in [0.2, 0.25) is 5.95 Å². The lowest BCUT2D eigenvalue weighted by molar-refractivity contribution is 0.449. The van der Waals surface area contributed by atoms with E-state index < -0.39 is 17.5 Å². The summed E-state index contributed by atoms with van der Waals surface area (Å²) in [6.45, 7) is 2.13. The first-order chi connectivity index (χ1) is 11.5. The van der Waals surface area contributed by atoms with Gasteiger partial charge in [0.25, 0.3) is 0 Å². The average Bonchev–Trinajstić information content (AvgIpc) is 3.07. The predicted octanol–water partition coefficient (Wildman–Crippen LogP) is 4.15. The lowest BCUT2D eigenvalue weighted by Gasteiger charge is -2.10. The zero-order valence-electron chi connectivity index (χ0n) is 12.6. The Morgan fingerprint density at radius 3 is 2.67 bits per heavy atom. The van der Waals surface area contributed by atoms with Crippen molar-refractivity contribution in [3.63, 3.8) is 0 Å². The summed E-state index contributed by atoms with van der Waals surface area (Å²) in [7, 11) is 0. The Morgan fingerprint density at radius 1 is 1.08 bits per heavy atom. The Hall–Kier alpha value is -3.03. The molecule has 1 aromatic carbocycles. The molecule has 0 aliphatic rings. The first-order valence-corrected chi connectivity index (χ1v) is 7.05. The topological polar surface area (TPSA) is 63.0 Å². The zero-order valence-corrected chi connectivity index (χ0v) is 12.6. The standard InChI is InChI=1S/C16H13F3N4O/c1-9-7-13(20-8-10-3-2-6-24-10)23-16(21-9)22-12-5-4-11(17)14(18)15(12)19/h2-7H,8H2,1H3,(H2,20,21,22,23). The second-order valence-corrected chi connectivity index (χ2v) is 5.00. The van der Waals surface area contributed by atoms with Gasteiger partial charge in [-0.2, -0.15) is 4.98 Å². The predicted molar refractivity (Wildman–Crippen MR) is 82.4 cm³/mol. The molecule has 124 valence electrons. The van der Waals surface area contributed by atoms with Crippen molar-refractivity contribution < 1.29 is 17.6 Å². The molecule has 0 spiro atoms. The number of anilines is 3. The normalized spacial score (nSPS) is 10.7. The average molecular weight is 334 g/mol. The maximum absolute atomic E-state index is 13.7. The fraction of sp³-hybridized carbons (Fsp3) is 0.125. The van der Waals surface area contributed by atoms with Crippen LogP contribution < -0.4 is 10.6 Å². The number of hydrogen-bond acceptors (Lipinski definition) is 5. The van der Waals surface area contributed by atoms with E-state index >= 15 is 0 Å². The van der Waals surface area contributed by atoms with Crippen LogP contribution in [-0.2, 0) is 6.54 Å². The van der Waals surface area contributed by atoms with E-state index in [4.69, 9.17) is 4.42 Å². The summed E-state index contributed by atoms with van der Waals surface area (Å²) < 4.78 is 45.2. The number of nitrogens with one attached hydrogen (secondary N) is 2. The van der Waals surface area contributed by atoms with Gasteiger partial charge in [-0.25, -0.2) is 18.2 Å². The van der Waals surface area contributed by atoms with Crippen LogP contribution in [0.3, 0.4) is 0 Å². The summed E-state index contributed by atoms with van der Waals surface area (Å²) in [5.74, 6) is -2.89. The summed E-state index contributed by atoms with van der Waals surface area (Å²) >= 11 is 0. The van der Waals surface area contributed by atoms with Crippen molar-refractivity contribution in [1.29, 1.82) is 0 Å². The quantitative estimate of drug-likeness (QED) is 0.686. The number of hydrogen-bond donors (Lipinski definition) is 2. The molecule has 0 saturated carbocycles. The number of rotatable bonds is 5. The maximum atomic E-state index is 13.7. The van der Waals surface area contributed by atoms with E-state index in [1.165, 1.54) is 0 Å². The highest BCUT2D eigenvalue weighted by atomic mass is 19.2. The molecule has 0 unspecified atom stereocenters. The lowest BCUT2D eigenvalue weighted by Crippen LogP contribution is -2.06. The van der Waals surface area contributed by atoms with Crippen molar-refractivity contribution in [1.82, 2.24) is 9.97 Å². The molecule has 2 aromatic heterocycles. The number of benzene rings is 1. The number of nitrogens with zero attached hydrogens (tertiary/aromatic N) is 2. The molecule has 0 fully saturated rings. The van der Waals surface area contributed by atoms with Gasteiger partial charge in [-0.05, 0) is 31.2 Å². The van der Waals surface area contributed by atoms with Crippen LogP contribution in [0, 0.1) is 24.4 Å². The van der Waals surface area contributed by atoms with Crippen LogP contribution in [0.4, 0.5) is 30.6 Å². The molecule has 0 aliphatic heterocycles. The van der Waals surface area contributed by atoms with Crippen LogP contribution in [0.2, 0.25) is 0 Å². The largest absolute Gasteiger partial charge is 0.467 e. The fourth-order valence-corrected chi connectivity index (χ4v) is 2.05. The molecular weight excluding hydrogens is 321 g/mol. The first-order valence-electron chi connectivity index (χ1n) is 7.05. The Balaban J connectivity index is 1.80. The van der Waals surface area contributed by atoms with Crippen LogP contribution >= 0.6 is 0 Å². The van der Waals surface area contributed by atoms with Crippen LogP contribution in [0.25, 0.3) is 0 Å². The van der Waals surface area contributed by atoms with Crippen molar-refractivity contribution in [3.8, 4) is 0 Å². The molecule has 3 aromatic rings. The van der Waals surface area contributed by atoms with Gasteiger partial charge in [0, 0.05) is 11.8 Å². The van der Waals surface area contributed by atoms with E-state index in [-0.39, 0.29) is 11.6 Å². The molecule has 3 rings (SSSR count). The van der Waals surface area contributed by atoms with E-state index in [1.807, 2.05) is 0 Å². The number of aryl methyl sites for hydroxylation is 1. The highest BCUT2D eigenvalue weighted by molar-refractivity contribution is 5.56. The van der Waals surface area contributed by atoms with E-state index in [2.05, 4.69) is 20.6 Å². The monoisotopic (exact) mass is 334 g/mol. The van der Waals surface area contributed by atoms with Crippen molar-refractivity contribution in [3.05, 3.63) is 65.5 Å². The van der Waals surface area contributed by atoms with Gasteiger partial charge in [-0.1, -0.05) is 0 Å². The van der Waals surface area contributed by atoms with Crippen LogP contribution in [0.5, 0.6) is 0 Å². The van der Waals surface area contributed by atoms with Gasteiger partial charge in [0.1, 0.15) is 11.6 Å². The summed E-state index contributed by atoms with van der Waals surface area (Å²) in [6.07, 6.45) is 1.56. The third-order valence-corrected chi connectivity index (χ3v) is 3.16. The van der Waals surface area contributed by atoms with Crippen molar-refractivity contribution >= 4 is 17.5 Å². The second kappa shape index (κ2) is 6.61. The number of halogens is 3. The molecular formula is C16H13F3N4O. The molecule has 24 heavy (non-hydrogen) atoms. The molecule has 5 nitrogen and oxygen atoms in total. The fourth-order valence-electron chi connectivity index (χ4n) is 2.05. The molecule has 0 saturated heterocycles. The zero-order chi connectivity index (χ0) is 17.1. The molecule has 0 amide bonds. The van der Waals surface area contributed by atoms with Gasteiger partial charge >= 0.3 is 0 Å². The Morgan fingerprint density at radius 2 is 1.92 bits per heavy atom. The summed E-state index contributed by atoms with van der Waals surface area (Å²) in [6, 6.07) is 7.16. The Labute approximate surface area is 135 Å². The van der Waals surface area contributed by atoms with E-state index in [0.29, 0.717) is 23.8 Å². The minimum Gasteiger partial charge on any atom is -0.467 e. The highest BCUT2D eigenvalue weighted by Crippen LogP contribution is 2.23. The molecule has 2 N–H and O–H groups in total. The third-order valence-electron chi connectivity index (χ3n) is 3.16. The summed E-state index contributed by atoms with van der Waals surface area (Å²) in [4.78, 5) is 8.26. The third kappa shape index (κ3) is 3.48. The second-order valence-electron chi connectivity index (χ2n) is 5.00. The van der Waals surface area contributed by atoms with Gasteiger partial charge in [0.05, 0.1) is 18.5 Å². The number of furan rings is 1. The maximum Gasteiger partial charge on any atom is 0.229 e. The van der Waals surface area contributed by atoms with Crippen LogP contribution in [0.1, 0.15) is 11.5 Å². The minimum atomic E-state index is -1.55. The van der Waals surface area contributed by atoms with Crippen LogP contribution in [-0.4, -0.2) is 9.97 Å². The summed E-state index contributed by atoms with van der Waals surface area (Å²) in [5, 5.41) is 5.58.